The van der Waals surface area contributed by atoms with Gasteiger partial charge in [0.2, 0.25) is 0 Å². The predicted octanol–water partition coefficient (Wildman–Crippen LogP) is -2.24. The molecule has 0 aliphatic carbocycles. The first-order valence-electron chi connectivity index (χ1n) is 2.95. The van der Waals surface area contributed by atoms with Crippen molar-refractivity contribution < 1.29 is 20.1 Å². The lowest BCUT2D eigenvalue weighted by Gasteiger charge is -2.09. The number of β-amino-alcohol motifs (C(OH)–C–C–N with tert-alkyl or cyclic N) is 1. The fourth-order valence-corrected chi connectivity index (χ4v) is 0.945. The zero-order valence-electron chi connectivity index (χ0n) is 5.19. The van der Waals surface area contributed by atoms with Gasteiger partial charge in [0.15, 0.2) is 0 Å². The first kappa shape index (κ1) is 7.46. The summed E-state index contributed by atoms with van der Waals surface area (Å²) in [6.07, 6.45) is -2.14. The Balaban J connectivity index is 2.57. The predicted molar refractivity (Wildman–Crippen MR) is 31.4 cm³/mol. The highest BCUT2D eigenvalue weighted by atomic mass is 16.4. The molecule has 1 heterocycles. The van der Waals surface area contributed by atoms with Gasteiger partial charge in [-0.05, 0) is 0 Å². The van der Waals surface area contributed by atoms with Crippen molar-refractivity contribution >= 4 is 5.97 Å². The highest BCUT2D eigenvalue weighted by Gasteiger charge is 2.37. The Kier molecular flexibility index (Phi) is 1.89. The Morgan fingerprint density at radius 3 is 2.30 bits per heavy atom. The molecule has 1 aliphatic rings. The highest BCUT2D eigenvalue weighted by molar-refractivity contribution is 5.74. The number of aliphatic hydroxyl groups is 2. The van der Waals surface area contributed by atoms with Gasteiger partial charge in [-0.2, -0.15) is 0 Å². The lowest BCUT2D eigenvalue weighted by Crippen LogP contribution is -2.39. The lowest BCUT2D eigenvalue weighted by molar-refractivity contribution is -0.142. The first-order valence-corrected chi connectivity index (χ1v) is 2.95. The van der Waals surface area contributed by atoms with Crippen LogP contribution in [0.2, 0.25) is 0 Å². The third-order valence-corrected chi connectivity index (χ3v) is 1.55. The van der Waals surface area contributed by atoms with Crippen LogP contribution in [0.3, 0.4) is 0 Å². The average Bonchev–Trinajstić information content (AvgIpc) is 2.14. The smallest absolute Gasteiger partial charge is 0.323 e. The highest BCUT2D eigenvalue weighted by Crippen LogP contribution is 2.06. The molecular weight excluding hydrogens is 138 g/mol. The van der Waals surface area contributed by atoms with Crippen LogP contribution < -0.4 is 5.32 Å². The Morgan fingerprint density at radius 2 is 2.10 bits per heavy atom. The molecule has 1 saturated heterocycles. The molecule has 4 N–H and O–H groups in total. The van der Waals surface area contributed by atoms with Crippen molar-refractivity contribution in [3.63, 3.8) is 0 Å². The van der Waals surface area contributed by atoms with E-state index in [9.17, 15) is 4.79 Å². The molecular formula is C5H9NO4. The van der Waals surface area contributed by atoms with E-state index in [-0.39, 0.29) is 6.54 Å². The average molecular weight is 147 g/mol. The van der Waals surface area contributed by atoms with Gasteiger partial charge < -0.3 is 15.3 Å². The van der Waals surface area contributed by atoms with Gasteiger partial charge in [0.05, 0.1) is 6.10 Å². The van der Waals surface area contributed by atoms with Gasteiger partial charge in [0, 0.05) is 6.54 Å². The van der Waals surface area contributed by atoms with E-state index in [0.29, 0.717) is 0 Å². The zero-order valence-corrected chi connectivity index (χ0v) is 5.19. The van der Waals surface area contributed by atoms with Gasteiger partial charge >= 0.3 is 5.97 Å². The van der Waals surface area contributed by atoms with Crippen molar-refractivity contribution in [3.05, 3.63) is 0 Å². The van der Waals surface area contributed by atoms with E-state index in [1.807, 2.05) is 0 Å². The van der Waals surface area contributed by atoms with E-state index < -0.39 is 24.2 Å². The number of carboxylic acid groups (broad SMARTS) is 1. The molecule has 10 heavy (non-hydrogen) atoms. The quantitative estimate of drug-likeness (QED) is 0.337. The van der Waals surface area contributed by atoms with Crippen molar-refractivity contribution in [3.8, 4) is 0 Å². The summed E-state index contributed by atoms with van der Waals surface area (Å²) in [6, 6.07) is -1.02. The number of hydrogen-bond donors (Lipinski definition) is 4. The molecule has 0 aromatic carbocycles. The first-order chi connectivity index (χ1) is 4.63. The molecule has 0 unspecified atom stereocenters. The second-order valence-corrected chi connectivity index (χ2v) is 2.28. The minimum absolute atomic E-state index is 0.137. The van der Waals surface area contributed by atoms with Crippen LogP contribution in [0, 0.1) is 0 Å². The maximum atomic E-state index is 10.2. The van der Waals surface area contributed by atoms with Gasteiger partial charge in [-0.1, -0.05) is 0 Å². The minimum Gasteiger partial charge on any atom is -0.480 e. The summed E-state index contributed by atoms with van der Waals surface area (Å²) in [5.41, 5.74) is 0. The standard InChI is InChI=1S/C5H9NO4/c7-2-1-6-3(4(2)8)5(9)10/h2-4,6-8H,1H2,(H,9,10)/t2-,3+,4-/m0/s1. The molecule has 0 aromatic rings. The molecule has 5 nitrogen and oxygen atoms in total. The summed E-state index contributed by atoms with van der Waals surface area (Å²) in [4.78, 5) is 10.2. The van der Waals surface area contributed by atoms with Crippen LogP contribution in [-0.4, -0.2) is 46.1 Å². The Hall–Kier alpha value is -0.650. The van der Waals surface area contributed by atoms with E-state index in [2.05, 4.69) is 5.32 Å². The van der Waals surface area contributed by atoms with Crippen molar-refractivity contribution in [2.45, 2.75) is 18.2 Å². The van der Waals surface area contributed by atoms with Crippen molar-refractivity contribution in [1.29, 1.82) is 0 Å². The molecule has 1 rings (SSSR count). The summed E-state index contributed by atoms with van der Waals surface area (Å²) in [5, 5.41) is 28.6. The van der Waals surface area contributed by atoms with Crippen LogP contribution >= 0.6 is 0 Å². The third-order valence-electron chi connectivity index (χ3n) is 1.55. The topological polar surface area (TPSA) is 89.8 Å². The van der Waals surface area contributed by atoms with Gasteiger partial charge in [-0.3, -0.25) is 10.1 Å². The lowest BCUT2D eigenvalue weighted by atomic mass is 10.1. The number of aliphatic hydroxyl groups excluding tert-OH is 2. The third kappa shape index (κ3) is 1.11. The SMILES string of the molecule is O=C(O)[C@@H]1NC[C@H](O)[C@@H]1O. The maximum absolute atomic E-state index is 10.2. The van der Waals surface area contributed by atoms with Crippen LogP contribution in [0.4, 0.5) is 0 Å². The van der Waals surface area contributed by atoms with Crippen LogP contribution in [0.1, 0.15) is 0 Å². The Labute approximate surface area is 57.3 Å². The molecule has 0 spiro atoms. The largest absolute Gasteiger partial charge is 0.480 e. The van der Waals surface area contributed by atoms with Crippen LogP contribution in [0.25, 0.3) is 0 Å². The normalized spacial score (nSPS) is 40.0. The molecule has 0 bridgehead atoms. The van der Waals surface area contributed by atoms with Gasteiger partial charge in [-0.15, -0.1) is 0 Å². The summed E-state index contributed by atoms with van der Waals surface area (Å²) in [7, 11) is 0. The minimum atomic E-state index is -1.18. The molecule has 3 atom stereocenters. The van der Waals surface area contributed by atoms with E-state index in [4.69, 9.17) is 15.3 Å². The molecule has 0 saturated carbocycles. The molecule has 0 radical (unpaired) electrons. The summed E-state index contributed by atoms with van der Waals surface area (Å²) in [6.45, 7) is 0.137. The second-order valence-electron chi connectivity index (χ2n) is 2.28. The number of aliphatic carboxylic acids is 1. The van der Waals surface area contributed by atoms with Crippen molar-refractivity contribution in [1.82, 2.24) is 5.32 Å². The summed E-state index contributed by atoms with van der Waals surface area (Å²) < 4.78 is 0. The molecule has 58 valence electrons. The van der Waals surface area contributed by atoms with E-state index in [1.54, 1.807) is 0 Å². The van der Waals surface area contributed by atoms with Crippen molar-refractivity contribution in [2.75, 3.05) is 6.54 Å². The molecule has 0 amide bonds. The van der Waals surface area contributed by atoms with E-state index in [0.717, 1.165) is 0 Å². The van der Waals surface area contributed by atoms with Crippen molar-refractivity contribution in [2.24, 2.45) is 0 Å². The molecule has 5 heteroatoms. The Morgan fingerprint density at radius 1 is 1.50 bits per heavy atom. The van der Waals surface area contributed by atoms with Gasteiger partial charge in [0.1, 0.15) is 12.1 Å². The summed E-state index contributed by atoms with van der Waals surface area (Å²) in [5.74, 6) is -1.14. The number of rotatable bonds is 1. The van der Waals surface area contributed by atoms with E-state index in [1.165, 1.54) is 0 Å². The van der Waals surface area contributed by atoms with Crippen LogP contribution in [0.5, 0.6) is 0 Å². The monoisotopic (exact) mass is 147 g/mol. The van der Waals surface area contributed by atoms with Crippen LogP contribution in [0.15, 0.2) is 0 Å². The number of nitrogens with one attached hydrogen (secondary N) is 1. The maximum Gasteiger partial charge on any atom is 0.323 e. The second kappa shape index (κ2) is 2.53. The molecule has 1 fully saturated rings. The number of carboxylic acids is 1. The van der Waals surface area contributed by atoms with Gasteiger partial charge in [0.25, 0.3) is 0 Å². The number of hydrogen-bond acceptors (Lipinski definition) is 4. The number of carbonyl (C=O) groups is 1. The fourth-order valence-electron chi connectivity index (χ4n) is 0.945. The molecule has 1 aliphatic heterocycles. The fraction of sp³-hybridized carbons (Fsp3) is 0.800. The van der Waals surface area contributed by atoms with Gasteiger partial charge in [-0.25, -0.2) is 0 Å². The Bertz CT molecular complexity index is 149. The molecule has 0 aromatic heterocycles. The summed E-state index contributed by atoms with van der Waals surface area (Å²) >= 11 is 0. The van der Waals surface area contributed by atoms with E-state index >= 15 is 0 Å². The zero-order chi connectivity index (χ0) is 7.72. The van der Waals surface area contributed by atoms with Crippen LogP contribution in [-0.2, 0) is 4.79 Å².